The molecule has 1 amide bonds. The van der Waals surface area contributed by atoms with Crippen LogP contribution in [-0.2, 0) is 10.0 Å². The largest absolute Gasteiger partial charge is 0.334 e. The molecule has 2 heterocycles. The van der Waals surface area contributed by atoms with Crippen molar-refractivity contribution >= 4 is 21.6 Å². The number of nitrogens with zero attached hydrogens (tertiary/aromatic N) is 4. The van der Waals surface area contributed by atoms with Crippen LogP contribution in [0.15, 0.2) is 30.6 Å². The minimum absolute atomic E-state index is 0.0653. The molecular formula is C13H14FN5O3S. The van der Waals surface area contributed by atoms with Crippen LogP contribution in [0.1, 0.15) is 16.4 Å². The summed E-state index contributed by atoms with van der Waals surface area (Å²) < 4.78 is 39.8. The van der Waals surface area contributed by atoms with E-state index in [1.54, 1.807) is 22.0 Å². The Balaban J connectivity index is 1.72. The van der Waals surface area contributed by atoms with Crippen molar-refractivity contribution < 1.29 is 17.6 Å². The molecule has 0 aliphatic carbocycles. The van der Waals surface area contributed by atoms with Crippen molar-refractivity contribution in [3.05, 3.63) is 42.0 Å². The van der Waals surface area contributed by atoms with Crippen molar-refractivity contribution in [2.24, 2.45) is 0 Å². The van der Waals surface area contributed by atoms with Gasteiger partial charge in [-0.05, 0) is 18.2 Å². The van der Waals surface area contributed by atoms with Gasteiger partial charge in [0.25, 0.3) is 5.91 Å². The normalized spacial score (nSPS) is 15.3. The molecule has 8 nitrogen and oxygen atoms in total. The molecule has 0 spiro atoms. The molecule has 10 heteroatoms. The van der Waals surface area contributed by atoms with E-state index >= 15 is 0 Å². The van der Waals surface area contributed by atoms with E-state index in [1.165, 1.54) is 12.1 Å². The van der Waals surface area contributed by atoms with E-state index in [-0.39, 0.29) is 23.2 Å². The van der Waals surface area contributed by atoms with Crippen molar-refractivity contribution in [3.63, 3.8) is 0 Å². The fourth-order valence-corrected chi connectivity index (χ4v) is 2.88. The molecular weight excluding hydrogens is 325 g/mol. The quantitative estimate of drug-likeness (QED) is 0.874. The molecule has 0 radical (unpaired) electrons. The van der Waals surface area contributed by atoms with Crippen LogP contribution in [0.5, 0.6) is 0 Å². The third-order valence-electron chi connectivity index (χ3n) is 3.47. The van der Waals surface area contributed by atoms with Crippen molar-refractivity contribution in [1.82, 2.24) is 19.9 Å². The standard InChI is InChI=1S/C13H14FN5O3S/c1-23(21,22)16-12-6-9(2-3-11(12)14)13(20)18-7-10(8-18)19-5-4-15-17-19/h2-6,10,16H,7-8H2,1H3. The summed E-state index contributed by atoms with van der Waals surface area (Å²) in [5.74, 6) is -1.03. The number of hydrogen-bond acceptors (Lipinski definition) is 5. The van der Waals surface area contributed by atoms with Gasteiger partial charge in [-0.25, -0.2) is 17.5 Å². The van der Waals surface area contributed by atoms with E-state index in [9.17, 15) is 17.6 Å². The average Bonchev–Trinajstić information content (AvgIpc) is 2.91. The Labute approximate surface area is 132 Å². The monoisotopic (exact) mass is 339 g/mol. The molecule has 0 unspecified atom stereocenters. The van der Waals surface area contributed by atoms with Crippen LogP contribution in [0.4, 0.5) is 10.1 Å². The summed E-state index contributed by atoms with van der Waals surface area (Å²) in [4.78, 5) is 13.9. The Morgan fingerprint density at radius 1 is 1.39 bits per heavy atom. The summed E-state index contributed by atoms with van der Waals surface area (Å²) >= 11 is 0. The third-order valence-corrected chi connectivity index (χ3v) is 4.06. The first-order valence-electron chi connectivity index (χ1n) is 6.76. The number of benzene rings is 1. The van der Waals surface area contributed by atoms with Gasteiger partial charge in [0.15, 0.2) is 0 Å². The number of amides is 1. The molecule has 122 valence electrons. The zero-order chi connectivity index (χ0) is 16.6. The molecule has 1 fully saturated rings. The van der Waals surface area contributed by atoms with E-state index in [1.807, 2.05) is 0 Å². The number of hydrogen-bond donors (Lipinski definition) is 1. The predicted octanol–water partition coefficient (Wildman–Crippen LogP) is 0.486. The lowest BCUT2D eigenvalue weighted by atomic mass is 10.1. The van der Waals surface area contributed by atoms with Gasteiger partial charge in [0, 0.05) is 24.8 Å². The summed E-state index contributed by atoms with van der Waals surface area (Å²) in [7, 11) is -3.63. The lowest BCUT2D eigenvalue weighted by Crippen LogP contribution is -2.50. The molecule has 3 rings (SSSR count). The lowest BCUT2D eigenvalue weighted by Gasteiger charge is -2.38. The average molecular weight is 339 g/mol. The first-order chi connectivity index (χ1) is 10.8. The first kappa shape index (κ1) is 15.4. The summed E-state index contributed by atoms with van der Waals surface area (Å²) in [6.45, 7) is 0.933. The number of nitrogens with one attached hydrogen (secondary N) is 1. The van der Waals surface area contributed by atoms with Gasteiger partial charge in [-0.1, -0.05) is 5.21 Å². The van der Waals surface area contributed by atoms with Gasteiger partial charge in [-0.3, -0.25) is 9.52 Å². The van der Waals surface area contributed by atoms with Crippen LogP contribution in [-0.4, -0.2) is 53.6 Å². The van der Waals surface area contributed by atoms with Crippen LogP contribution >= 0.6 is 0 Å². The molecule has 1 saturated heterocycles. The Hall–Kier alpha value is -2.49. The van der Waals surface area contributed by atoms with E-state index in [0.29, 0.717) is 13.1 Å². The van der Waals surface area contributed by atoms with Crippen LogP contribution in [0.2, 0.25) is 0 Å². The summed E-state index contributed by atoms with van der Waals surface area (Å²) in [6, 6.07) is 3.65. The molecule has 1 N–H and O–H groups in total. The van der Waals surface area contributed by atoms with Gasteiger partial charge >= 0.3 is 0 Å². The number of rotatable bonds is 4. The number of anilines is 1. The molecule has 0 bridgehead atoms. The second-order valence-corrected chi connectivity index (χ2v) is 7.06. The highest BCUT2D eigenvalue weighted by atomic mass is 32.2. The summed E-state index contributed by atoms with van der Waals surface area (Å²) in [6.07, 6.45) is 4.20. The molecule has 2 aromatic rings. The van der Waals surface area contributed by atoms with E-state index in [0.717, 1.165) is 12.3 Å². The van der Waals surface area contributed by atoms with Gasteiger partial charge < -0.3 is 4.90 Å². The maximum atomic E-state index is 13.6. The van der Waals surface area contributed by atoms with Gasteiger partial charge in [-0.2, -0.15) is 0 Å². The molecule has 1 aromatic heterocycles. The number of sulfonamides is 1. The second-order valence-electron chi connectivity index (χ2n) is 5.32. The Morgan fingerprint density at radius 3 is 2.74 bits per heavy atom. The van der Waals surface area contributed by atoms with Crippen molar-refractivity contribution in [3.8, 4) is 0 Å². The third kappa shape index (κ3) is 3.31. The zero-order valence-corrected chi connectivity index (χ0v) is 13.0. The molecule has 23 heavy (non-hydrogen) atoms. The molecule has 1 aromatic carbocycles. The number of likely N-dealkylation sites (tertiary alicyclic amines) is 1. The number of halogens is 1. The molecule has 0 saturated carbocycles. The van der Waals surface area contributed by atoms with E-state index in [2.05, 4.69) is 15.0 Å². The minimum Gasteiger partial charge on any atom is -0.334 e. The highest BCUT2D eigenvalue weighted by molar-refractivity contribution is 7.92. The highest BCUT2D eigenvalue weighted by Crippen LogP contribution is 2.24. The fraction of sp³-hybridized carbons (Fsp3) is 0.308. The van der Waals surface area contributed by atoms with Crippen LogP contribution < -0.4 is 4.72 Å². The highest BCUT2D eigenvalue weighted by Gasteiger charge is 2.33. The van der Waals surface area contributed by atoms with Crippen molar-refractivity contribution in [2.45, 2.75) is 6.04 Å². The Kier molecular flexibility index (Phi) is 3.76. The van der Waals surface area contributed by atoms with Gasteiger partial charge in [0.05, 0.1) is 24.2 Å². The predicted molar refractivity (Wildman–Crippen MR) is 79.8 cm³/mol. The first-order valence-corrected chi connectivity index (χ1v) is 8.65. The molecule has 1 aliphatic rings. The van der Waals surface area contributed by atoms with Crippen LogP contribution in [0.25, 0.3) is 0 Å². The van der Waals surface area contributed by atoms with Gasteiger partial charge in [-0.15, -0.1) is 5.10 Å². The number of carbonyl (C=O) groups excluding carboxylic acids is 1. The molecule has 0 atom stereocenters. The second kappa shape index (κ2) is 5.61. The Morgan fingerprint density at radius 2 is 2.13 bits per heavy atom. The van der Waals surface area contributed by atoms with Gasteiger partial charge in [0.2, 0.25) is 10.0 Å². The summed E-state index contributed by atoms with van der Waals surface area (Å²) in [5.41, 5.74) is -0.0266. The molecule has 1 aliphatic heterocycles. The number of carbonyl (C=O) groups is 1. The van der Waals surface area contributed by atoms with E-state index < -0.39 is 15.8 Å². The van der Waals surface area contributed by atoms with E-state index in [4.69, 9.17) is 0 Å². The van der Waals surface area contributed by atoms with Crippen LogP contribution in [0.3, 0.4) is 0 Å². The number of aromatic nitrogens is 3. The topological polar surface area (TPSA) is 97.2 Å². The van der Waals surface area contributed by atoms with Gasteiger partial charge in [0.1, 0.15) is 5.82 Å². The zero-order valence-electron chi connectivity index (χ0n) is 12.2. The SMILES string of the molecule is CS(=O)(=O)Nc1cc(C(=O)N2CC(n3ccnn3)C2)ccc1F. The fourth-order valence-electron chi connectivity index (χ4n) is 2.32. The van der Waals surface area contributed by atoms with Crippen molar-refractivity contribution in [2.75, 3.05) is 24.1 Å². The van der Waals surface area contributed by atoms with Crippen molar-refractivity contribution in [1.29, 1.82) is 0 Å². The summed E-state index contributed by atoms with van der Waals surface area (Å²) in [5, 5.41) is 7.58. The maximum absolute atomic E-state index is 13.6. The maximum Gasteiger partial charge on any atom is 0.254 e. The Bertz CT molecular complexity index is 831. The smallest absolute Gasteiger partial charge is 0.254 e. The minimum atomic E-state index is -3.63. The van der Waals surface area contributed by atoms with Crippen LogP contribution in [0, 0.1) is 5.82 Å². The lowest BCUT2D eigenvalue weighted by molar-refractivity contribution is 0.0498.